The molecule has 5 nitrogen and oxygen atoms in total. The number of rotatable bonds is 3. The summed E-state index contributed by atoms with van der Waals surface area (Å²) >= 11 is 1.55. The van der Waals surface area contributed by atoms with Crippen LogP contribution >= 0.6 is 11.3 Å². The molecule has 0 radical (unpaired) electrons. The Balaban J connectivity index is 1.76. The summed E-state index contributed by atoms with van der Waals surface area (Å²) in [7, 11) is 0. The molecule has 0 spiro atoms. The topological polar surface area (TPSA) is 68.3 Å². The lowest BCUT2D eigenvalue weighted by atomic mass is 10.3. The second kappa shape index (κ2) is 4.50. The van der Waals surface area contributed by atoms with E-state index in [1.54, 1.807) is 29.5 Å². The Kier molecular flexibility index (Phi) is 2.70. The van der Waals surface area contributed by atoms with Gasteiger partial charge in [-0.15, -0.1) is 11.3 Å². The Morgan fingerprint density at radius 2 is 2.28 bits per heavy atom. The maximum absolute atomic E-state index is 11.7. The van der Waals surface area contributed by atoms with Crippen LogP contribution in [-0.2, 0) is 0 Å². The molecule has 1 amide bonds. The van der Waals surface area contributed by atoms with E-state index in [-0.39, 0.29) is 11.7 Å². The van der Waals surface area contributed by atoms with Crippen molar-refractivity contribution in [1.29, 1.82) is 0 Å². The first kappa shape index (κ1) is 10.8. The van der Waals surface area contributed by atoms with Gasteiger partial charge in [-0.25, -0.2) is 0 Å². The van der Waals surface area contributed by atoms with Crippen LogP contribution in [0.4, 0.5) is 5.88 Å². The molecule has 3 heterocycles. The van der Waals surface area contributed by atoms with Gasteiger partial charge in [-0.1, -0.05) is 11.2 Å². The quantitative estimate of drug-likeness (QED) is 0.784. The Hall–Kier alpha value is -2.34. The molecule has 3 aromatic heterocycles. The van der Waals surface area contributed by atoms with Gasteiger partial charge < -0.3 is 8.94 Å². The lowest BCUT2D eigenvalue weighted by Crippen LogP contribution is -2.09. The van der Waals surface area contributed by atoms with Crippen LogP contribution in [0.15, 0.2) is 50.9 Å². The number of aromatic nitrogens is 1. The molecule has 0 saturated carbocycles. The van der Waals surface area contributed by atoms with E-state index in [2.05, 4.69) is 10.5 Å². The van der Waals surface area contributed by atoms with Gasteiger partial charge in [0.15, 0.2) is 5.76 Å². The summed E-state index contributed by atoms with van der Waals surface area (Å²) in [5.74, 6) is 0.151. The predicted molar refractivity (Wildman–Crippen MR) is 66.5 cm³/mol. The molecule has 0 aliphatic heterocycles. The fourth-order valence-corrected chi connectivity index (χ4v) is 2.13. The number of carbonyl (C=O) groups is 1. The van der Waals surface area contributed by atoms with E-state index in [1.165, 1.54) is 6.26 Å². The van der Waals surface area contributed by atoms with Crippen molar-refractivity contribution in [2.75, 3.05) is 5.32 Å². The molecule has 0 unspecified atom stereocenters. The van der Waals surface area contributed by atoms with Crippen LogP contribution in [-0.4, -0.2) is 11.1 Å². The van der Waals surface area contributed by atoms with Crippen LogP contribution in [0.5, 0.6) is 0 Å². The molecule has 1 N–H and O–H groups in total. The molecule has 0 aromatic carbocycles. The van der Waals surface area contributed by atoms with Gasteiger partial charge in [0.2, 0.25) is 5.88 Å². The molecule has 90 valence electrons. The summed E-state index contributed by atoms with van der Waals surface area (Å²) in [5, 5.41) is 8.40. The minimum atomic E-state index is -0.367. The zero-order valence-corrected chi connectivity index (χ0v) is 9.94. The number of anilines is 1. The molecule has 6 heteroatoms. The van der Waals surface area contributed by atoms with Crippen molar-refractivity contribution in [3.8, 4) is 10.6 Å². The lowest BCUT2D eigenvalue weighted by Gasteiger charge is -1.95. The van der Waals surface area contributed by atoms with Crippen LogP contribution in [0.3, 0.4) is 0 Å². The Labute approximate surface area is 106 Å². The number of hydrogen-bond acceptors (Lipinski definition) is 5. The van der Waals surface area contributed by atoms with E-state index < -0.39 is 0 Å². The summed E-state index contributed by atoms with van der Waals surface area (Å²) in [4.78, 5) is 12.7. The van der Waals surface area contributed by atoms with Gasteiger partial charge >= 0.3 is 0 Å². The third-order valence-electron chi connectivity index (χ3n) is 2.27. The zero-order chi connectivity index (χ0) is 12.4. The minimum absolute atomic E-state index is 0.226. The number of nitrogens with one attached hydrogen (secondary N) is 1. The Morgan fingerprint density at radius 3 is 3.00 bits per heavy atom. The van der Waals surface area contributed by atoms with Crippen molar-refractivity contribution < 1.29 is 13.7 Å². The van der Waals surface area contributed by atoms with Gasteiger partial charge in [0.05, 0.1) is 11.1 Å². The molecule has 3 aromatic rings. The minimum Gasteiger partial charge on any atom is -0.459 e. The highest BCUT2D eigenvalue weighted by molar-refractivity contribution is 7.13. The average Bonchev–Trinajstić information content (AvgIpc) is 3.12. The first-order valence-corrected chi connectivity index (χ1v) is 6.06. The van der Waals surface area contributed by atoms with Gasteiger partial charge in [-0.3, -0.25) is 10.1 Å². The summed E-state index contributed by atoms with van der Waals surface area (Å²) < 4.78 is 10.0. The first-order chi connectivity index (χ1) is 8.83. The van der Waals surface area contributed by atoms with Crippen molar-refractivity contribution in [3.63, 3.8) is 0 Å². The molecule has 0 saturated heterocycles. The molecule has 0 aliphatic rings. The molecule has 0 atom stereocenters. The van der Waals surface area contributed by atoms with Gasteiger partial charge in [0.1, 0.15) is 5.69 Å². The standard InChI is InChI=1S/C12H8N2O3S/c15-12(9-3-1-5-16-9)13-11-7-8(14-17-11)10-4-2-6-18-10/h1-7H,(H,13,15). The average molecular weight is 260 g/mol. The molecule has 0 aliphatic carbocycles. The number of furan rings is 1. The van der Waals surface area contributed by atoms with Crippen molar-refractivity contribution in [2.24, 2.45) is 0 Å². The fourth-order valence-electron chi connectivity index (χ4n) is 1.46. The van der Waals surface area contributed by atoms with Crippen LogP contribution in [0.2, 0.25) is 0 Å². The number of nitrogens with zero attached hydrogens (tertiary/aromatic N) is 1. The molecule has 0 fully saturated rings. The summed E-state index contributed by atoms with van der Waals surface area (Å²) in [6.45, 7) is 0. The van der Waals surface area contributed by atoms with E-state index in [0.717, 1.165) is 4.88 Å². The van der Waals surface area contributed by atoms with Gasteiger partial charge in [-0.2, -0.15) is 0 Å². The normalized spacial score (nSPS) is 10.4. The van der Waals surface area contributed by atoms with Crippen LogP contribution < -0.4 is 5.32 Å². The van der Waals surface area contributed by atoms with Crippen molar-refractivity contribution in [2.45, 2.75) is 0 Å². The van der Waals surface area contributed by atoms with Crippen molar-refractivity contribution in [3.05, 3.63) is 47.7 Å². The maximum atomic E-state index is 11.7. The van der Waals surface area contributed by atoms with Crippen molar-refractivity contribution in [1.82, 2.24) is 5.16 Å². The highest BCUT2D eigenvalue weighted by atomic mass is 32.1. The number of thiophene rings is 1. The monoisotopic (exact) mass is 260 g/mol. The zero-order valence-electron chi connectivity index (χ0n) is 9.12. The van der Waals surface area contributed by atoms with Gasteiger partial charge in [0.25, 0.3) is 5.91 Å². The summed E-state index contributed by atoms with van der Waals surface area (Å²) in [6.07, 6.45) is 1.44. The number of amides is 1. The molecule has 3 rings (SSSR count). The summed E-state index contributed by atoms with van der Waals surface area (Å²) in [6, 6.07) is 8.75. The number of carbonyl (C=O) groups excluding carboxylic acids is 1. The highest BCUT2D eigenvalue weighted by Crippen LogP contribution is 2.25. The SMILES string of the molecule is O=C(Nc1cc(-c2cccs2)no1)c1ccco1. The molecular formula is C12H8N2O3S. The lowest BCUT2D eigenvalue weighted by molar-refractivity contribution is 0.0993. The second-order valence-electron chi connectivity index (χ2n) is 3.49. The van der Waals surface area contributed by atoms with Gasteiger partial charge in [-0.05, 0) is 23.6 Å². The fraction of sp³-hybridized carbons (Fsp3) is 0. The molecular weight excluding hydrogens is 252 g/mol. The smallest absolute Gasteiger partial charge is 0.293 e. The van der Waals surface area contributed by atoms with Crippen LogP contribution in [0, 0.1) is 0 Å². The number of hydrogen-bond donors (Lipinski definition) is 1. The molecule has 18 heavy (non-hydrogen) atoms. The van der Waals surface area contributed by atoms with E-state index in [4.69, 9.17) is 8.94 Å². The largest absolute Gasteiger partial charge is 0.459 e. The third kappa shape index (κ3) is 2.05. The second-order valence-corrected chi connectivity index (χ2v) is 4.43. The Morgan fingerprint density at radius 1 is 1.33 bits per heavy atom. The van der Waals surface area contributed by atoms with E-state index in [0.29, 0.717) is 11.6 Å². The van der Waals surface area contributed by atoms with E-state index in [9.17, 15) is 4.79 Å². The first-order valence-electron chi connectivity index (χ1n) is 5.18. The maximum Gasteiger partial charge on any atom is 0.293 e. The highest BCUT2D eigenvalue weighted by Gasteiger charge is 2.13. The molecule has 0 bridgehead atoms. The van der Waals surface area contributed by atoms with E-state index in [1.807, 2.05) is 17.5 Å². The predicted octanol–water partition coefficient (Wildman–Crippen LogP) is 3.25. The van der Waals surface area contributed by atoms with Gasteiger partial charge in [0, 0.05) is 6.07 Å². The van der Waals surface area contributed by atoms with Crippen molar-refractivity contribution >= 4 is 23.1 Å². The summed E-state index contributed by atoms with van der Waals surface area (Å²) in [5.41, 5.74) is 0.694. The Bertz CT molecular complexity index is 641. The van der Waals surface area contributed by atoms with Crippen LogP contribution in [0.25, 0.3) is 10.6 Å². The van der Waals surface area contributed by atoms with Crippen LogP contribution in [0.1, 0.15) is 10.6 Å². The van der Waals surface area contributed by atoms with E-state index >= 15 is 0 Å². The third-order valence-corrected chi connectivity index (χ3v) is 3.16.